The van der Waals surface area contributed by atoms with Crippen LogP contribution in [0, 0.1) is 5.92 Å². The molecule has 0 aliphatic carbocycles. The Morgan fingerprint density at radius 2 is 2.38 bits per heavy atom. The van der Waals surface area contributed by atoms with Crippen molar-refractivity contribution in [2.24, 2.45) is 5.92 Å². The first-order valence-electron chi connectivity index (χ1n) is 5.66. The summed E-state index contributed by atoms with van der Waals surface area (Å²) in [5, 5.41) is 9.05. The molecule has 4 heteroatoms. The van der Waals surface area contributed by atoms with Crippen molar-refractivity contribution in [3.8, 4) is 0 Å². The Bertz CT molecular complexity index is 305. The van der Waals surface area contributed by atoms with Crippen LogP contribution in [0.15, 0.2) is 18.5 Å². The Hall–Kier alpha value is -1.29. The van der Waals surface area contributed by atoms with E-state index in [1.807, 2.05) is 25.4 Å². The standard InChI is InChI=1S/C12H20N2O2/c1-3-11(9-15)12(16)14(2)7-5-10-4-6-13-8-10/h4,6,8,11,13,15H,3,5,7,9H2,1-2H3. The Morgan fingerprint density at radius 1 is 1.62 bits per heavy atom. The van der Waals surface area contributed by atoms with Gasteiger partial charge in [-0.05, 0) is 24.5 Å². The lowest BCUT2D eigenvalue weighted by Gasteiger charge is -2.21. The Balaban J connectivity index is 2.39. The van der Waals surface area contributed by atoms with Crippen molar-refractivity contribution in [3.05, 3.63) is 24.0 Å². The van der Waals surface area contributed by atoms with E-state index in [1.54, 1.807) is 11.9 Å². The lowest BCUT2D eigenvalue weighted by molar-refractivity contribution is -0.135. The number of carbonyl (C=O) groups excluding carboxylic acids is 1. The summed E-state index contributed by atoms with van der Waals surface area (Å²) in [6, 6.07) is 2.00. The molecule has 90 valence electrons. The van der Waals surface area contributed by atoms with Crippen LogP contribution in [0.5, 0.6) is 0 Å². The molecule has 0 saturated carbocycles. The maximum atomic E-state index is 11.8. The zero-order chi connectivity index (χ0) is 12.0. The first-order valence-corrected chi connectivity index (χ1v) is 5.66. The second-order valence-corrected chi connectivity index (χ2v) is 4.02. The number of H-pyrrole nitrogens is 1. The van der Waals surface area contributed by atoms with E-state index in [0.717, 1.165) is 6.42 Å². The molecular weight excluding hydrogens is 204 g/mol. The number of aromatic nitrogens is 1. The summed E-state index contributed by atoms with van der Waals surface area (Å²) in [4.78, 5) is 16.5. The summed E-state index contributed by atoms with van der Waals surface area (Å²) in [5.74, 6) is -0.225. The molecule has 16 heavy (non-hydrogen) atoms. The summed E-state index contributed by atoms with van der Waals surface area (Å²) in [7, 11) is 1.79. The van der Waals surface area contributed by atoms with E-state index >= 15 is 0 Å². The highest BCUT2D eigenvalue weighted by Gasteiger charge is 2.18. The fraction of sp³-hybridized carbons (Fsp3) is 0.583. The highest BCUT2D eigenvalue weighted by Crippen LogP contribution is 2.07. The topological polar surface area (TPSA) is 56.3 Å². The van der Waals surface area contributed by atoms with E-state index < -0.39 is 0 Å². The van der Waals surface area contributed by atoms with Crippen molar-refractivity contribution in [1.29, 1.82) is 0 Å². The number of aromatic amines is 1. The van der Waals surface area contributed by atoms with Crippen molar-refractivity contribution >= 4 is 5.91 Å². The van der Waals surface area contributed by atoms with Crippen molar-refractivity contribution in [2.75, 3.05) is 20.2 Å². The van der Waals surface area contributed by atoms with E-state index in [4.69, 9.17) is 5.11 Å². The zero-order valence-corrected chi connectivity index (χ0v) is 9.94. The Labute approximate surface area is 96.3 Å². The molecule has 0 bridgehead atoms. The van der Waals surface area contributed by atoms with E-state index in [-0.39, 0.29) is 18.4 Å². The lowest BCUT2D eigenvalue weighted by Crippen LogP contribution is -2.35. The van der Waals surface area contributed by atoms with E-state index in [0.29, 0.717) is 13.0 Å². The van der Waals surface area contributed by atoms with Gasteiger partial charge in [0, 0.05) is 26.0 Å². The van der Waals surface area contributed by atoms with Gasteiger partial charge >= 0.3 is 0 Å². The molecule has 1 atom stereocenters. The molecule has 0 aliphatic rings. The minimum absolute atomic E-state index is 0.0283. The van der Waals surface area contributed by atoms with Crippen LogP contribution in [0.1, 0.15) is 18.9 Å². The molecule has 0 aliphatic heterocycles. The average molecular weight is 224 g/mol. The molecule has 1 amide bonds. The second-order valence-electron chi connectivity index (χ2n) is 4.02. The van der Waals surface area contributed by atoms with Gasteiger partial charge in [-0.15, -0.1) is 0 Å². The van der Waals surface area contributed by atoms with Gasteiger partial charge < -0.3 is 15.0 Å². The lowest BCUT2D eigenvalue weighted by atomic mass is 10.1. The van der Waals surface area contributed by atoms with Gasteiger partial charge in [0.25, 0.3) is 0 Å². The molecular formula is C12H20N2O2. The third-order valence-corrected chi connectivity index (χ3v) is 2.84. The second kappa shape index (κ2) is 6.33. The van der Waals surface area contributed by atoms with Crippen LogP contribution in [0.3, 0.4) is 0 Å². The number of hydrogen-bond donors (Lipinski definition) is 2. The van der Waals surface area contributed by atoms with Gasteiger partial charge in [0.2, 0.25) is 5.91 Å². The zero-order valence-electron chi connectivity index (χ0n) is 9.94. The summed E-state index contributed by atoms with van der Waals surface area (Å²) in [5.41, 5.74) is 1.19. The monoisotopic (exact) mass is 224 g/mol. The highest BCUT2D eigenvalue weighted by atomic mass is 16.3. The SMILES string of the molecule is CCC(CO)C(=O)N(C)CCc1cc[nH]c1. The summed E-state index contributed by atoms with van der Waals surface area (Å²) in [6.07, 6.45) is 5.33. The van der Waals surface area contributed by atoms with Crippen LogP contribution in [0.4, 0.5) is 0 Å². The number of likely N-dealkylation sites (N-methyl/N-ethyl adjacent to an activating group) is 1. The van der Waals surface area contributed by atoms with Crippen LogP contribution < -0.4 is 0 Å². The van der Waals surface area contributed by atoms with Crippen molar-refractivity contribution < 1.29 is 9.90 Å². The molecule has 1 unspecified atom stereocenters. The van der Waals surface area contributed by atoms with Crippen LogP contribution >= 0.6 is 0 Å². The average Bonchev–Trinajstić information content (AvgIpc) is 2.80. The van der Waals surface area contributed by atoms with E-state index in [1.165, 1.54) is 5.56 Å². The molecule has 0 saturated heterocycles. The van der Waals surface area contributed by atoms with Gasteiger partial charge in [0.1, 0.15) is 0 Å². The van der Waals surface area contributed by atoms with Crippen LogP contribution in [0.2, 0.25) is 0 Å². The third kappa shape index (κ3) is 3.38. The number of aliphatic hydroxyl groups is 1. The quantitative estimate of drug-likeness (QED) is 0.758. The fourth-order valence-corrected chi connectivity index (χ4v) is 1.61. The van der Waals surface area contributed by atoms with Crippen molar-refractivity contribution in [3.63, 3.8) is 0 Å². The van der Waals surface area contributed by atoms with E-state index in [2.05, 4.69) is 4.98 Å². The van der Waals surface area contributed by atoms with Gasteiger partial charge in [-0.2, -0.15) is 0 Å². The number of hydrogen-bond acceptors (Lipinski definition) is 2. The minimum atomic E-state index is -0.253. The molecule has 1 rings (SSSR count). The van der Waals surface area contributed by atoms with Crippen molar-refractivity contribution in [1.82, 2.24) is 9.88 Å². The molecule has 4 nitrogen and oxygen atoms in total. The maximum Gasteiger partial charge on any atom is 0.227 e. The van der Waals surface area contributed by atoms with Gasteiger partial charge in [0.15, 0.2) is 0 Å². The minimum Gasteiger partial charge on any atom is -0.396 e. The smallest absolute Gasteiger partial charge is 0.227 e. The molecule has 1 heterocycles. The molecule has 2 N–H and O–H groups in total. The maximum absolute atomic E-state index is 11.8. The van der Waals surface area contributed by atoms with Gasteiger partial charge in [-0.1, -0.05) is 6.92 Å². The molecule has 0 fully saturated rings. The molecule has 1 aromatic rings. The predicted octanol–water partition coefficient (Wildman–Crippen LogP) is 1.03. The first-order chi connectivity index (χ1) is 7.69. The Morgan fingerprint density at radius 3 is 2.88 bits per heavy atom. The third-order valence-electron chi connectivity index (χ3n) is 2.84. The number of nitrogens with zero attached hydrogens (tertiary/aromatic N) is 1. The number of carbonyl (C=O) groups is 1. The molecule has 0 radical (unpaired) electrons. The number of nitrogens with one attached hydrogen (secondary N) is 1. The number of aliphatic hydroxyl groups excluding tert-OH is 1. The van der Waals surface area contributed by atoms with E-state index in [9.17, 15) is 4.79 Å². The largest absolute Gasteiger partial charge is 0.396 e. The summed E-state index contributed by atoms with van der Waals surface area (Å²) >= 11 is 0. The Kier molecular flexibility index (Phi) is 5.05. The van der Waals surface area contributed by atoms with Gasteiger partial charge in [-0.25, -0.2) is 0 Å². The number of amides is 1. The summed E-state index contributed by atoms with van der Waals surface area (Å²) in [6.45, 7) is 2.54. The predicted molar refractivity (Wildman–Crippen MR) is 63.0 cm³/mol. The van der Waals surface area contributed by atoms with Crippen LogP contribution in [-0.4, -0.2) is 41.1 Å². The number of rotatable bonds is 6. The fourth-order valence-electron chi connectivity index (χ4n) is 1.61. The molecule has 0 spiro atoms. The molecule has 1 aromatic heterocycles. The first kappa shape index (κ1) is 12.8. The highest BCUT2D eigenvalue weighted by molar-refractivity contribution is 5.78. The van der Waals surface area contributed by atoms with Crippen molar-refractivity contribution in [2.45, 2.75) is 19.8 Å². The summed E-state index contributed by atoms with van der Waals surface area (Å²) < 4.78 is 0. The van der Waals surface area contributed by atoms with Crippen LogP contribution in [-0.2, 0) is 11.2 Å². The molecule has 0 aromatic carbocycles. The van der Waals surface area contributed by atoms with Gasteiger partial charge in [-0.3, -0.25) is 4.79 Å². The van der Waals surface area contributed by atoms with Gasteiger partial charge in [0.05, 0.1) is 12.5 Å². The normalized spacial score (nSPS) is 12.4. The van der Waals surface area contributed by atoms with Crippen LogP contribution in [0.25, 0.3) is 0 Å².